The van der Waals surface area contributed by atoms with Crippen molar-refractivity contribution in [2.24, 2.45) is 5.92 Å². The van der Waals surface area contributed by atoms with Crippen LogP contribution in [0, 0.1) is 24.7 Å². The van der Waals surface area contributed by atoms with E-state index in [0.29, 0.717) is 12.5 Å². The Morgan fingerprint density at radius 2 is 2.05 bits per heavy atom. The van der Waals surface area contributed by atoms with E-state index < -0.39 is 0 Å². The van der Waals surface area contributed by atoms with Crippen molar-refractivity contribution in [1.82, 2.24) is 14.5 Å². The van der Waals surface area contributed by atoms with Crippen LogP contribution in [0.4, 0.5) is 0 Å². The van der Waals surface area contributed by atoms with E-state index in [1.54, 1.807) is 23.0 Å². The van der Waals surface area contributed by atoms with Gasteiger partial charge in [-0.3, -0.25) is 4.79 Å². The second-order valence-electron chi connectivity index (χ2n) is 5.10. The molecule has 4 nitrogen and oxygen atoms in total. The fourth-order valence-electron chi connectivity index (χ4n) is 2.01. The molecule has 0 bridgehead atoms. The zero-order valence-electron chi connectivity index (χ0n) is 11.3. The summed E-state index contributed by atoms with van der Waals surface area (Å²) in [6.07, 6.45) is 7.31. The van der Waals surface area contributed by atoms with Crippen LogP contribution >= 0.6 is 0 Å². The molecule has 1 fully saturated rings. The lowest BCUT2D eigenvalue weighted by Crippen LogP contribution is -2.22. The highest BCUT2D eigenvalue weighted by Crippen LogP contribution is 2.27. The molecule has 0 saturated heterocycles. The average Bonchev–Trinajstić information content (AvgIpc) is 3.26. The molecule has 20 heavy (non-hydrogen) atoms. The summed E-state index contributed by atoms with van der Waals surface area (Å²) in [7, 11) is 0. The zero-order chi connectivity index (χ0) is 13.9. The summed E-state index contributed by atoms with van der Waals surface area (Å²) in [6, 6.07) is 3.56. The van der Waals surface area contributed by atoms with Crippen LogP contribution in [-0.2, 0) is 6.54 Å². The van der Waals surface area contributed by atoms with Crippen molar-refractivity contribution < 1.29 is 0 Å². The molecule has 0 unspecified atom stereocenters. The van der Waals surface area contributed by atoms with E-state index in [0.717, 1.165) is 16.8 Å². The number of pyridine rings is 1. The first-order valence-electron chi connectivity index (χ1n) is 6.69. The predicted octanol–water partition coefficient (Wildman–Crippen LogP) is 1.76. The zero-order valence-corrected chi connectivity index (χ0v) is 11.3. The van der Waals surface area contributed by atoms with E-state index in [1.807, 2.05) is 13.0 Å². The van der Waals surface area contributed by atoms with E-state index in [-0.39, 0.29) is 5.56 Å². The number of hydrogen-bond acceptors (Lipinski definition) is 3. The van der Waals surface area contributed by atoms with Crippen molar-refractivity contribution >= 4 is 0 Å². The molecule has 0 atom stereocenters. The van der Waals surface area contributed by atoms with Gasteiger partial charge in [0.15, 0.2) is 0 Å². The molecule has 0 amide bonds. The molecule has 1 aliphatic carbocycles. The summed E-state index contributed by atoms with van der Waals surface area (Å²) in [5, 5.41) is 0. The quantitative estimate of drug-likeness (QED) is 0.777. The summed E-state index contributed by atoms with van der Waals surface area (Å²) in [5.74, 6) is 6.81. The molecule has 0 aliphatic heterocycles. The van der Waals surface area contributed by atoms with E-state index in [9.17, 15) is 4.79 Å². The van der Waals surface area contributed by atoms with Gasteiger partial charge in [-0.15, -0.1) is 0 Å². The molecule has 0 radical (unpaired) electrons. The van der Waals surface area contributed by atoms with Gasteiger partial charge in [-0.25, -0.2) is 9.97 Å². The Hall–Kier alpha value is -2.41. The Bertz CT molecular complexity index is 734. The van der Waals surface area contributed by atoms with Crippen molar-refractivity contribution in [2.75, 3.05) is 0 Å². The van der Waals surface area contributed by atoms with Gasteiger partial charge < -0.3 is 4.57 Å². The minimum absolute atomic E-state index is 0.0334. The standard InChI is InChI=1S/C16H15N3O/c1-12-6-14(5-4-13-2-3-13)7-16(20)19(12)10-15-8-17-11-18-9-15/h6-9,11,13H,2-3,10H2,1H3. The molecule has 1 aliphatic rings. The lowest BCUT2D eigenvalue weighted by atomic mass is 10.2. The summed E-state index contributed by atoms with van der Waals surface area (Å²) in [4.78, 5) is 20.1. The van der Waals surface area contributed by atoms with E-state index in [2.05, 4.69) is 21.8 Å². The Morgan fingerprint density at radius 3 is 2.70 bits per heavy atom. The highest BCUT2D eigenvalue weighted by Gasteiger charge is 2.17. The molecule has 2 heterocycles. The fourth-order valence-corrected chi connectivity index (χ4v) is 2.01. The van der Waals surface area contributed by atoms with Crippen molar-refractivity contribution in [3.05, 3.63) is 58.0 Å². The topological polar surface area (TPSA) is 47.8 Å². The molecule has 0 spiro atoms. The van der Waals surface area contributed by atoms with Gasteiger partial charge in [-0.2, -0.15) is 0 Å². The van der Waals surface area contributed by atoms with Crippen LogP contribution in [0.15, 0.2) is 35.6 Å². The van der Waals surface area contributed by atoms with Gasteiger partial charge in [0.2, 0.25) is 0 Å². The maximum Gasteiger partial charge on any atom is 0.252 e. The van der Waals surface area contributed by atoms with E-state index >= 15 is 0 Å². The van der Waals surface area contributed by atoms with Gasteiger partial charge in [0.25, 0.3) is 5.56 Å². The molecular formula is C16H15N3O. The third-order valence-corrected chi connectivity index (χ3v) is 3.29. The average molecular weight is 265 g/mol. The Balaban J connectivity index is 1.89. The van der Waals surface area contributed by atoms with Gasteiger partial charge in [0.05, 0.1) is 6.54 Å². The first-order valence-corrected chi connectivity index (χ1v) is 6.69. The van der Waals surface area contributed by atoms with Crippen molar-refractivity contribution in [2.45, 2.75) is 26.3 Å². The highest BCUT2D eigenvalue weighted by molar-refractivity contribution is 5.36. The highest BCUT2D eigenvalue weighted by atomic mass is 16.1. The summed E-state index contributed by atoms with van der Waals surface area (Å²) >= 11 is 0. The Labute approximate surface area is 117 Å². The molecule has 100 valence electrons. The third-order valence-electron chi connectivity index (χ3n) is 3.29. The number of hydrogen-bond donors (Lipinski definition) is 0. The summed E-state index contributed by atoms with van der Waals surface area (Å²) in [6.45, 7) is 2.41. The van der Waals surface area contributed by atoms with Crippen molar-refractivity contribution in [3.8, 4) is 11.8 Å². The van der Waals surface area contributed by atoms with E-state index in [1.165, 1.54) is 19.2 Å². The third kappa shape index (κ3) is 2.94. The lowest BCUT2D eigenvalue weighted by molar-refractivity contribution is 0.723. The van der Waals surface area contributed by atoms with Crippen LogP contribution in [0.1, 0.15) is 29.7 Å². The minimum Gasteiger partial charge on any atom is -0.308 e. The lowest BCUT2D eigenvalue weighted by Gasteiger charge is -2.09. The molecule has 1 saturated carbocycles. The molecule has 2 aromatic rings. The van der Waals surface area contributed by atoms with Gasteiger partial charge in [0.1, 0.15) is 6.33 Å². The minimum atomic E-state index is -0.0334. The summed E-state index contributed by atoms with van der Waals surface area (Å²) in [5.41, 5.74) is 2.59. The maximum absolute atomic E-state index is 12.2. The van der Waals surface area contributed by atoms with Gasteiger partial charge in [-0.1, -0.05) is 11.8 Å². The molecule has 2 aromatic heterocycles. The monoisotopic (exact) mass is 265 g/mol. The van der Waals surface area contributed by atoms with Crippen molar-refractivity contribution in [1.29, 1.82) is 0 Å². The first-order chi connectivity index (χ1) is 9.72. The molecular weight excluding hydrogens is 250 g/mol. The second kappa shape index (κ2) is 5.30. The molecule has 0 aromatic carbocycles. The van der Waals surface area contributed by atoms with Gasteiger partial charge in [-0.05, 0) is 25.8 Å². The van der Waals surface area contributed by atoms with Crippen LogP contribution < -0.4 is 5.56 Å². The van der Waals surface area contributed by atoms with Crippen molar-refractivity contribution in [3.63, 3.8) is 0 Å². The Kier molecular flexibility index (Phi) is 3.34. The van der Waals surface area contributed by atoms with Gasteiger partial charge >= 0.3 is 0 Å². The van der Waals surface area contributed by atoms with Crippen LogP contribution in [-0.4, -0.2) is 14.5 Å². The SMILES string of the molecule is Cc1cc(C#CC2CC2)cc(=O)n1Cc1cncnc1. The van der Waals surface area contributed by atoms with Crippen LogP contribution in [0.25, 0.3) is 0 Å². The first kappa shape index (κ1) is 12.6. The molecule has 4 heteroatoms. The predicted molar refractivity (Wildman–Crippen MR) is 76.2 cm³/mol. The maximum atomic E-state index is 12.2. The number of nitrogens with zero attached hydrogens (tertiary/aromatic N) is 3. The largest absolute Gasteiger partial charge is 0.308 e. The number of aryl methyl sites for hydroxylation is 1. The number of aromatic nitrogens is 3. The molecule has 0 N–H and O–H groups in total. The van der Waals surface area contributed by atoms with Gasteiger partial charge in [0, 0.05) is 41.2 Å². The Morgan fingerprint density at radius 1 is 1.30 bits per heavy atom. The number of rotatable bonds is 2. The van der Waals surface area contributed by atoms with E-state index in [4.69, 9.17) is 0 Å². The normalized spacial score (nSPS) is 13.7. The fraction of sp³-hybridized carbons (Fsp3) is 0.312. The summed E-state index contributed by atoms with van der Waals surface area (Å²) < 4.78 is 1.71. The second-order valence-corrected chi connectivity index (χ2v) is 5.10. The smallest absolute Gasteiger partial charge is 0.252 e. The molecule has 3 rings (SSSR count). The van der Waals surface area contributed by atoms with Crippen LogP contribution in [0.5, 0.6) is 0 Å². The van der Waals surface area contributed by atoms with Crippen LogP contribution in [0.2, 0.25) is 0 Å². The van der Waals surface area contributed by atoms with Crippen LogP contribution in [0.3, 0.4) is 0 Å².